The molecule has 0 saturated carbocycles. The molecular formula is C16H13BrF2N2O4. The molecule has 0 aliphatic heterocycles. The van der Waals surface area contributed by atoms with Crippen molar-refractivity contribution in [3.05, 3.63) is 52.0 Å². The number of ether oxygens (including phenoxy) is 2. The summed E-state index contributed by atoms with van der Waals surface area (Å²) in [6, 6.07) is 5.95. The van der Waals surface area contributed by atoms with Crippen LogP contribution in [-0.4, -0.2) is 25.5 Å². The Morgan fingerprint density at radius 1 is 1.24 bits per heavy atom. The fourth-order valence-corrected chi connectivity index (χ4v) is 2.44. The van der Waals surface area contributed by atoms with Gasteiger partial charge in [0.05, 0.1) is 18.4 Å². The molecule has 0 radical (unpaired) electrons. The molecule has 0 atom stereocenters. The predicted molar refractivity (Wildman–Crippen MR) is 89.7 cm³/mol. The van der Waals surface area contributed by atoms with Gasteiger partial charge in [-0.15, -0.1) is 0 Å². The molecule has 2 aromatic rings. The maximum atomic E-state index is 13.7. The summed E-state index contributed by atoms with van der Waals surface area (Å²) >= 11 is 2.96. The number of primary amides is 1. The molecule has 0 bridgehead atoms. The number of carbonyl (C=O) groups is 2. The lowest BCUT2D eigenvalue weighted by Crippen LogP contribution is -2.22. The Balaban J connectivity index is 2.09. The van der Waals surface area contributed by atoms with Crippen molar-refractivity contribution in [1.29, 1.82) is 0 Å². The molecule has 0 spiro atoms. The first-order valence-corrected chi connectivity index (χ1v) is 7.66. The number of halogens is 3. The molecule has 3 N–H and O–H groups in total. The molecule has 2 rings (SSSR count). The van der Waals surface area contributed by atoms with Crippen molar-refractivity contribution in [3.8, 4) is 11.5 Å². The van der Waals surface area contributed by atoms with Crippen LogP contribution in [0.1, 0.15) is 10.4 Å². The van der Waals surface area contributed by atoms with E-state index in [9.17, 15) is 18.4 Å². The Labute approximate surface area is 150 Å². The zero-order valence-corrected chi connectivity index (χ0v) is 14.5. The first-order chi connectivity index (χ1) is 11.8. The van der Waals surface area contributed by atoms with Gasteiger partial charge in [0.2, 0.25) is 0 Å². The maximum Gasteiger partial charge on any atom is 0.262 e. The second kappa shape index (κ2) is 7.93. The molecule has 0 aromatic heterocycles. The lowest BCUT2D eigenvalue weighted by Gasteiger charge is -2.12. The molecule has 0 aliphatic carbocycles. The average Bonchev–Trinajstić information content (AvgIpc) is 2.55. The molecule has 2 aromatic carbocycles. The predicted octanol–water partition coefficient (Wildman–Crippen LogP) is 2.85. The normalized spacial score (nSPS) is 10.2. The monoisotopic (exact) mass is 414 g/mol. The van der Waals surface area contributed by atoms with E-state index in [2.05, 4.69) is 21.2 Å². The minimum Gasteiger partial charge on any atom is -0.497 e. The highest BCUT2D eigenvalue weighted by Gasteiger charge is 2.15. The van der Waals surface area contributed by atoms with Gasteiger partial charge in [-0.2, -0.15) is 0 Å². The summed E-state index contributed by atoms with van der Waals surface area (Å²) in [6.45, 7) is -0.518. The molecule has 0 saturated heterocycles. The third kappa shape index (κ3) is 4.66. The van der Waals surface area contributed by atoms with Crippen LogP contribution in [-0.2, 0) is 4.79 Å². The van der Waals surface area contributed by atoms with Crippen LogP contribution in [0, 0.1) is 11.6 Å². The number of hydrogen-bond donors (Lipinski definition) is 2. The zero-order valence-electron chi connectivity index (χ0n) is 12.9. The third-order valence-electron chi connectivity index (χ3n) is 3.08. The summed E-state index contributed by atoms with van der Waals surface area (Å²) in [5.74, 6) is -2.74. The number of carbonyl (C=O) groups excluding carboxylic acids is 2. The summed E-state index contributed by atoms with van der Waals surface area (Å²) < 4.78 is 37.0. The van der Waals surface area contributed by atoms with Crippen molar-refractivity contribution < 1.29 is 27.8 Å². The Kier molecular flexibility index (Phi) is 5.92. The van der Waals surface area contributed by atoms with E-state index in [1.165, 1.54) is 25.3 Å². The molecule has 0 aliphatic rings. The van der Waals surface area contributed by atoms with Crippen molar-refractivity contribution >= 4 is 33.4 Å². The molecule has 25 heavy (non-hydrogen) atoms. The minimum absolute atomic E-state index is 0.0290. The van der Waals surface area contributed by atoms with Gasteiger partial charge < -0.3 is 20.5 Å². The van der Waals surface area contributed by atoms with Gasteiger partial charge in [-0.3, -0.25) is 9.59 Å². The van der Waals surface area contributed by atoms with E-state index in [-0.39, 0.29) is 21.5 Å². The molecule has 0 fully saturated rings. The first kappa shape index (κ1) is 18.7. The van der Waals surface area contributed by atoms with Gasteiger partial charge in [0.25, 0.3) is 11.8 Å². The Morgan fingerprint density at radius 2 is 1.96 bits per heavy atom. The number of anilines is 1. The number of benzene rings is 2. The lowest BCUT2D eigenvalue weighted by atomic mass is 10.2. The molecule has 0 unspecified atom stereocenters. The smallest absolute Gasteiger partial charge is 0.262 e. The molecule has 2 amide bonds. The molecule has 132 valence electrons. The number of amides is 2. The third-order valence-corrected chi connectivity index (χ3v) is 3.71. The van der Waals surface area contributed by atoms with Crippen molar-refractivity contribution in [3.63, 3.8) is 0 Å². The van der Waals surface area contributed by atoms with Crippen molar-refractivity contribution in [1.82, 2.24) is 0 Å². The molecule has 6 nitrogen and oxygen atoms in total. The van der Waals surface area contributed by atoms with E-state index in [1.54, 1.807) is 0 Å². The van der Waals surface area contributed by atoms with Crippen molar-refractivity contribution in [2.45, 2.75) is 0 Å². The fourth-order valence-electron chi connectivity index (χ4n) is 1.93. The van der Waals surface area contributed by atoms with Gasteiger partial charge in [0.15, 0.2) is 12.4 Å². The Hall–Kier alpha value is -2.68. The topological polar surface area (TPSA) is 90.7 Å². The van der Waals surface area contributed by atoms with Crippen LogP contribution in [0.5, 0.6) is 11.5 Å². The number of nitrogens with one attached hydrogen (secondary N) is 1. The van der Waals surface area contributed by atoms with E-state index in [1.807, 2.05) is 0 Å². The SMILES string of the molecule is COc1ccc(OCC(=O)Nc2c(F)cc(F)cc2Br)c(C(N)=O)c1. The standard InChI is InChI=1S/C16H13BrF2N2O4/c1-24-9-2-3-13(10(6-9)16(20)23)25-7-14(22)21-15-11(17)4-8(18)5-12(15)19/h2-6H,7H2,1H3,(H2,20,23)(H,21,22). The van der Waals surface area contributed by atoms with Gasteiger partial charge in [-0.25, -0.2) is 8.78 Å². The van der Waals surface area contributed by atoms with E-state index >= 15 is 0 Å². The largest absolute Gasteiger partial charge is 0.497 e. The van der Waals surface area contributed by atoms with Crippen LogP contribution in [0.3, 0.4) is 0 Å². The van der Waals surface area contributed by atoms with Crippen LogP contribution < -0.4 is 20.5 Å². The zero-order chi connectivity index (χ0) is 18.6. The highest BCUT2D eigenvalue weighted by molar-refractivity contribution is 9.10. The van der Waals surface area contributed by atoms with E-state index in [0.717, 1.165) is 6.07 Å². The lowest BCUT2D eigenvalue weighted by molar-refractivity contribution is -0.118. The van der Waals surface area contributed by atoms with Crippen LogP contribution >= 0.6 is 15.9 Å². The van der Waals surface area contributed by atoms with Crippen LogP contribution in [0.2, 0.25) is 0 Å². The quantitative estimate of drug-likeness (QED) is 0.760. The minimum atomic E-state index is -0.942. The van der Waals surface area contributed by atoms with Crippen LogP contribution in [0.4, 0.5) is 14.5 Å². The number of rotatable bonds is 6. The Morgan fingerprint density at radius 3 is 2.56 bits per heavy atom. The number of nitrogens with two attached hydrogens (primary N) is 1. The van der Waals surface area contributed by atoms with Gasteiger partial charge in [0, 0.05) is 10.5 Å². The highest BCUT2D eigenvalue weighted by Crippen LogP contribution is 2.27. The van der Waals surface area contributed by atoms with Crippen LogP contribution in [0.25, 0.3) is 0 Å². The van der Waals surface area contributed by atoms with Gasteiger partial charge >= 0.3 is 0 Å². The van der Waals surface area contributed by atoms with E-state index in [0.29, 0.717) is 11.8 Å². The first-order valence-electron chi connectivity index (χ1n) is 6.87. The number of methoxy groups -OCH3 is 1. The second-order valence-electron chi connectivity index (χ2n) is 4.81. The maximum absolute atomic E-state index is 13.7. The summed E-state index contributed by atoms with van der Waals surface area (Å²) in [5, 5.41) is 2.25. The summed E-state index contributed by atoms with van der Waals surface area (Å²) in [7, 11) is 1.42. The van der Waals surface area contributed by atoms with Gasteiger partial charge in [0.1, 0.15) is 17.3 Å². The average molecular weight is 415 g/mol. The number of hydrogen-bond acceptors (Lipinski definition) is 4. The summed E-state index contributed by atoms with van der Waals surface area (Å²) in [4.78, 5) is 23.4. The highest BCUT2D eigenvalue weighted by atomic mass is 79.9. The van der Waals surface area contributed by atoms with Crippen molar-refractivity contribution in [2.24, 2.45) is 5.73 Å². The molecule has 0 heterocycles. The van der Waals surface area contributed by atoms with Crippen LogP contribution in [0.15, 0.2) is 34.8 Å². The summed E-state index contributed by atoms with van der Waals surface area (Å²) in [5.41, 5.74) is 5.06. The second-order valence-corrected chi connectivity index (χ2v) is 5.66. The van der Waals surface area contributed by atoms with E-state index in [4.69, 9.17) is 15.2 Å². The van der Waals surface area contributed by atoms with Gasteiger partial charge in [-0.05, 0) is 40.2 Å². The van der Waals surface area contributed by atoms with E-state index < -0.39 is 30.1 Å². The van der Waals surface area contributed by atoms with Gasteiger partial charge in [-0.1, -0.05) is 0 Å². The fraction of sp³-hybridized carbons (Fsp3) is 0.125. The Bertz CT molecular complexity index is 807. The molecule has 9 heteroatoms. The summed E-state index contributed by atoms with van der Waals surface area (Å²) in [6.07, 6.45) is 0. The molecular weight excluding hydrogens is 402 g/mol. The van der Waals surface area contributed by atoms with Crippen molar-refractivity contribution in [2.75, 3.05) is 19.0 Å².